The first-order chi connectivity index (χ1) is 8.99. The summed E-state index contributed by atoms with van der Waals surface area (Å²) in [5.41, 5.74) is 0.189. The number of aromatic carboxylic acids is 1. The molecule has 2 N–H and O–H groups in total. The SMILES string of the molecule is CCNC(=O)CN(CC)c1ccc(F)cc1C(=O)O. The van der Waals surface area contributed by atoms with E-state index in [0.717, 1.165) is 6.07 Å². The average Bonchev–Trinajstić information content (AvgIpc) is 2.36. The summed E-state index contributed by atoms with van der Waals surface area (Å²) in [6.45, 7) is 4.59. The van der Waals surface area contributed by atoms with Gasteiger partial charge in [0.2, 0.25) is 5.91 Å². The van der Waals surface area contributed by atoms with Gasteiger partial charge < -0.3 is 15.3 Å². The highest BCUT2D eigenvalue weighted by molar-refractivity contribution is 5.95. The first kappa shape index (κ1) is 14.9. The Bertz CT molecular complexity index is 477. The zero-order chi connectivity index (χ0) is 14.4. The van der Waals surface area contributed by atoms with Gasteiger partial charge in [0, 0.05) is 13.1 Å². The quantitative estimate of drug-likeness (QED) is 0.820. The lowest BCUT2D eigenvalue weighted by atomic mass is 10.1. The predicted molar refractivity (Wildman–Crippen MR) is 69.9 cm³/mol. The molecule has 1 rings (SSSR count). The number of benzene rings is 1. The second kappa shape index (κ2) is 6.72. The molecule has 0 heterocycles. The van der Waals surface area contributed by atoms with Crippen LogP contribution in [0.2, 0.25) is 0 Å². The fourth-order valence-corrected chi connectivity index (χ4v) is 1.75. The largest absolute Gasteiger partial charge is 0.478 e. The number of carbonyl (C=O) groups is 2. The van der Waals surface area contributed by atoms with Gasteiger partial charge in [0.05, 0.1) is 17.8 Å². The molecule has 104 valence electrons. The third-order valence-electron chi connectivity index (χ3n) is 2.62. The molecule has 0 aliphatic heterocycles. The Morgan fingerprint density at radius 2 is 2.05 bits per heavy atom. The average molecular weight is 268 g/mol. The van der Waals surface area contributed by atoms with Crippen molar-refractivity contribution in [2.75, 3.05) is 24.5 Å². The molecule has 6 heteroatoms. The van der Waals surface area contributed by atoms with Gasteiger partial charge in [-0.25, -0.2) is 9.18 Å². The van der Waals surface area contributed by atoms with Crippen LogP contribution in [-0.4, -0.2) is 36.6 Å². The van der Waals surface area contributed by atoms with Crippen molar-refractivity contribution in [2.24, 2.45) is 0 Å². The highest BCUT2D eigenvalue weighted by Gasteiger charge is 2.17. The van der Waals surface area contributed by atoms with E-state index in [4.69, 9.17) is 5.11 Å². The third-order valence-corrected chi connectivity index (χ3v) is 2.62. The minimum atomic E-state index is -1.22. The molecule has 0 saturated carbocycles. The van der Waals surface area contributed by atoms with Crippen LogP contribution in [0.1, 0.15) is 24.2 Å². The Balaban J connectivity index is 3.04. The first-order valence-electron chi connectivity index (χ1n) is 6.04. The molecule has 1 aromatic carbocycles. The molecule has 0 fully saturated rings. The Morgan fingerprint density at radius 3 is 2.58 bits per heavy atom. The van der Waals surface area contributed by atoms with Gasteiger partial charge in [-0.3, -0.25) is 4.79 Å². The van der Waals surface area contributed by atoms with Crippen LogP contribution in [-0.2, 0) is 4.79 Å². The van der Waals surface area contributed by atoms with E-state index in [1.807, 2.05) is 0 Å². The normalized spacial score (nSPS) is 10.1. The summed E-state index contributed by atoms with van der Waals surface area (Å²) in [4.78, 5) is 24.3. The summed E-state index contributed by atoms with van der Waals surface area (Å²) >= 11 is 0. The van der Waals surface area contributed by atoms with E-state index in [2.05, 4.69) is 5.32 Å². The Kier molecular flexibility index (Phi) is 5.29. The summed E-state index contributed by atoms with van der Waals surface area (Å²) in [5, 5.41) is 11.7. The minimum absolute atomic E-state index is 0.0379. The number of amides is 1. The van der Waals surface area contributed by atoms with E-state index in [1.54, 1.807) is 18.7 Å². The van der Waals surface area contributed by atoms with E-state index >= 15 is 0 Å². The van der Waals surface area contributed by atoms with Crippen molar-refractivity contribution in [3.05, 3.63) is 29.6 Å². The fraction of sp³-hybridized carbons (Fsp3) is 0.385. The number of halogens is 1. The number of rotatable bonds is 6. The lowest BCUT2D eigenvalue weighted by Crippen LogP contribution is -2.37. The molecule has 0 aliphatic carbocycles. The minimum Gasteiger partial charge on any atom is -0.478 e. The first-order valence-corrected chi connectivity index (χ1v) is 6.04. The number of carboxylic acid groups (broad SMARTS) is 1. The van der Waals surface area contributed by atoms with Crippen molar-refractivity contribution in [1.82, 2.24) is 5.32 Å². The van der Waals surface area contributed by atoms with Crippen LogP contribution in [0.4, 0.5) is 10.1 Å². The molecule has 0 aromatic heterocycles. The van der Waals surface area contributed by atoms with Crippen LogP contribution >= 0.6 is 0 Å². The van der Waals surface area contributed by atoms with Crippen LogP contribution in [0.5, 0.6) is 0 Å². The van der Waals surface area contributed by atoms with E-state index in [9.17, 15) is 14.0 Å². The van der Waals surface area contributed by atoms with Gasteiger partial charge in [-0.05, 0) is 32.0 Å². The fourth-order valence-electron chi connectivity index (χ4n) is 1.75. The summed E-state index contributed by atoms with van der Waals surface area (Å²) in [6.07, 6.45) is 0. The maximum absolute atomic E-state index is 13.1. The van der Waals surface area contributed by atoms with Gasteiger partial charge in [0.25, 0.3) is 0 Å². The van der Waals surface area contributed by atoms with E-state index in [1.165, 1.54) is 12.1 Å². The molecule has 19 heavy (non-hydrogen) atoms. The zero-order valence-electron chi connectivity index (χ0n) is 10.9. The van der Waals surface area contributed by atoms with Crippen LogP contribution in [0.3, 0.4) is 0 Å². The van der Waals surface area contributed by atoms with Crippen molar-refractivity contribution in [3.63, 3.8) is 0 Å². The van der Waals surface area contributed by atoms with Crippen LogP contribution in [0.25, 0.3) is 0 Å². The summed E-state index contributed by atoms with van der Waals surface area (Å²) < 4.78 is 13.1. The predicted octanol–water partition coefficient (Wildman–Crippen LogP) is 1.49. The number of nitrogens with zero attached hydrogens (tertiary/aromatic N) is 1. The molecule has 0 unspecified atom stereocenters. The molecular formula is C13H17FN2O3. The molecule has 1 amide bonds. The van der Waals surface area contributed by atoms with Gasteiger partial charge in [-0.1, -0.05) is 0 Å². The summed E-state index contributed by atoms with van der Waals surface area (Å²) in [6, 6.07) is 3.52. The Morgan fingerprint density at radius 1 is 1.37 bits per heavy atom. The zero-order valence-corrected chi connectivity index (χ0v) is 10.9. The van der Waals surface area contributed by atoms with Crippen LogP contribution in [0, 0.1) is 5.82 Å². The number of carbonyl (C=O) groups excluding carboxylic acids is 1. The highest BCUT2D eigenvalue weighted by Crippen LogP contribution is 2.21. The molecule has 0 saturated heterocycles. The number of carboxylic acids is 1. The second-order valence-corrected chi connectivity index (χ2v) is 3.93. The second-order valence-electron chi connectivity index (χ2n) is 3.93. The summed E-state index contributed by atoms with van der Waals surface area (Å²) in [7, 11) is 0. The van der Waals surface area contributed by atoms with Gasteiger partial charge in [0.1, 0.15) is 5.82 Å². The molecule has 0 bridgehead atoms. The molecule has 0 atom stereocenters. The lowest BCUT2D eigenvalue weighted by Gasteiger charge is -2.24. The molecule has 0 radical (unpaired) electrons. The smallest absolute Gasteiger partial charge is 0.337 e. The topological polar surface area (TPSA) is 69.6 Å². The lowest BCUT2D eigenvalue weighted by molar-refractivity contribution is -0.119. The van der Waals surface area contributed by atoms with Crippen molar-refractivity contribution in [3.8, 4) is 0 Å². The maximum Gasteiger partial charge on any atom is 0.337 e. The summed E-state index contributed by atoms with van der Waals surface area (Å²) in [5.74, 6) is -2.04. The monoisotopic (exact) mass is 268 g/mol. The molecule has 0 spiro atoms. The van der Waals surface area contributed by atoms with Gasteiger partial charge in [0.15, 0.2) is 0 Å². The van der Waals surface area contributed by atoms with Crippen molar-refractivity contribution in [2.45, 2.75) is 13.8 Å². The van der Waals surface area contributed by atoms with Crippen molar-refractivity contribution in [1.29, 1.82) is 0 Å². The number of hydrogen-bond donors (Lipinski definition) is 2. The molecular weight excluding hydrogens is 251 g/mol. The molecule has 5 nitrogen and oxygen atoms in total. The Hall–Kier alpha value is -2.11. The van der Waals surface area contributed by atoms with E-state index in [0.29, 0.717) is 18.8 Å². The number of likely N-dealkylation sites (N-methyl/N-ethyl adjacent to an activating group) is 2. The van der Waals surface area contributed by atoms with Crippen molar-refractivity contribution >= 4 is 17.6 Å². The van der Waals surface area contributed by atoms with Crippen molar-refractivity contribution < 1.29 is 19.1 Å². The van der Waals surface area contributed by atoms with E-state index < -0.39 is 11.8 Å². The molecule has 0 aliphatic rings. The van der Waals surface area contributed by atoms with Gasteiger partial charge >= 0.3 is 5.97 Å². The maximum atomic E-state index is 13.1. The van der Waals surface area contributed by atoms with Crippen LogP contribution < -0.4 is 10.2 Å². The molecule has 1 aromatic rings. The van der Waals surface area contributed by atoms with Gasteiger partial charge in [-0.15, -0.1) is 0 Å². The van der Waals surface area contributed by atoms with Crippen LogP contribution in [0.15, 0.2) is 18.2 Å². The number of nitrogens with one attached hydrogen (secondary N) is 1. The standard InChI is InChI=1S/C13H17FN2O3/c1-3-15-12(17)8-16(4-2)11-6-5-9(14)7-10(11)13(18)19/h5-7H,3-4,8H2,1-2H3,(H,15,17)(H,18,19). The van der Waals surface area contributed by atoms with Gasteiger partial charge in [-0.2, -0.15) is 0 Å². The third kappa shape index (κ3) is 3.94. The Labute approximate surface area is 111 Å². The highest BCUT2D eigenvalue weighted by atomic mass is 19.1. The number of hydrogen-bond acceptors (Lipinski definition) is 3. The van der Waals surface area contributed by atoms with E-state index in [-0.39, 0.29) is 18.0 Å². The number of anilines is 1.